The number of guanidine groups is 1. The SMILES string of the molecule is CCNC(=NCc1ccccc1-n1nc(C)cc1C)NCc1nncn1-c1ccccc1.I. The molecule has 0 aliphatic carbocycles. The van der Waals surface area contributed by atoms with Crippen molar-refractivity contribution in [3.63, 3.8) is 0 Å². The molecule has 2 aromatic carbocycles. The molecule has 0 radical (unpaired) electrons. The molecule has 0 atom stereocenters. The normalized spacial score (nSPS) is 11.2. The van der Waals surface area contributed by atoms with Crippen molar-refractivity contribution < 1.29 is 0 Å². The molecule has 4 rings (SSSR count). The Hall–Kier alpha value is -3.21. The molecular weight excluding hydrogens is 527 g/mol. The summed E-state index contributed by atoms with van der Waals surface area (Å²) in [6.07, 6.45) is 1.72. The predicted octanol–water partition coefficient (Wildman–Crippen LogP) is 3.94. The predicted molar refractivity (Wildman–Crippen MR) is 141 cm³/mol. The first-order valence-corrected chi connectivity index (χ1v) is 10.7. The molecular formula is C24H29IN8. The Bertz CT molecular complexity index is 1200. The number of hydrogen-bond donors (Lipinski definition) is 2. The third-order valence-electron chi connectivity index (χ3n) is 5.05. The van der Waals surface area contributed by atoms with Crippen LogP contribution in [0, 0.1) is 13.8 Å². The highest BCUT2D eigenvalue weighted by Crippen LogP contribution is 2.18. The lowest BCUT2D eigenvalue weighted by atomic mass is 10.2. The van der Waals surface area contributed by atoms with E-state index in [1.165, 1.54) is 0 Å². The molecule has 0 fully saturated rings. The molecule has 0 spiro atoms. The summed E-state index contributed by atoms with van der Waals surface area (Å²) in [5.74, 6) is 1.53. The summed E-state index contributed by atoms with van der Waals surface area (Å²) in [6, 6.07) is 20.3. The van der Waals surface area contributed by atoms with Crippen LogP contribution in [-0.4, -0.2) is 37.0 Å². The van der Waals surface area contributed by atoms with Crippen molar-refractivity contribution in [1.29, 1.82) is 0 Å². The highest BCUT2D eigenvalue weighted by molar-refractivity contribution is 14.0. The Labute approximate surface area is 211 Å². The largest absolute Gasteiger partial charge is 0.357 e. The summed E-state index contributed by atoms with van der Waals surface area (Å²) in [5.41, 5.74) is 5.27. The van der Waals surface area contributed by atoms with Gasteiger partial charge in [0, 0.05) is 17.9 Å². The van der Waals surface area contributed by atoms with Crippen LogP contribution in [0.1, 0.15) is 29.7 Å². The number of nitrogens with one attached hydrogen (secondary N) is 2. The maximum absolute atomic E-state index is 4.80. The van der Waals surface area contributed by atoms with E-state index in [-0.39, 0.29) is 24.0 Å². The first kappa shape index (κ1) is 24.4. The van der Waals surface area contributed by atoms with Gasteiger partial charge in [0.2, 0.25) is 0 Å². The van der Waals surface area contributed by atoms with Crippen LogP contribution in [0.2, 0.25) is 0 Å². The van der Waals surface area contributed by atoms with E-state index in [0.29, 0.717) is 13.1 Å². The molecule has 172 valence electrons. The number of benzene rings is 2. The van der Waals surface area contributed by atoms with Crippen molar-refractivity contribution in [2.24, 2.45) is 4.99 Å². The molecule has 2 heterocycles. The van der Waals surface area contributed by atoms with Gasteiger partial charge in [-0.05, 0) is 50.6 Å². The Morgan fingerprint density at radius 2 is 1.76 bits per heavy atom. The van der Waals surface area contributed by atoms with Crippen LogP contribution < -0.4 is 10.6 Å². The van der Waals surface area contributed by atoms with Gasteiger partial charge in [0.15, 0.2) is 11.8 Å². The summed E-state index contributed by atoms with van der Waals surface area (Å²) in [6.45, 7) is 7.90. The van der Waals surface area contributed by atoms with E-state index in [4.69, 9.17) is 4.99 Å². The number of nitrogens with zero attached hydrogens (tertiary/aromatic N) is 6. The summed E-state index contributed by atoms with van der Waals surface area (Å²) in [7, 11) is 0. The number of aryl methyl sites for hydroxylation is 2. The molecule has 0 aliphatic rings. The number of aromatic nitrogens is 5. The quantitative estimate of drug-likeness (QED) is 0.205. The van der Waals surface area contributed by atoms with Gasteiger partial charge in [-0.2, -0.15) is 5.10 Å². The molecule has 0 unspecified atom stereocenters. The van der Waals surface area contributed by atoms with Gasteiger partial charge < -0.3 is 10.6 Å². The van der Waals surface area contributed by atoms with Crippen LogP contribution in [0.4, 0.5) is 0 Å². The van der Waals surface area contributed by atoms with Crippen molar-refractivity contribution >= 4 is 29.9 Å². The molecule has 33 heavy (non-hydrogen) atoms. The molecule has 0 bridgehead atoms. The fraction of sp³-hybridized carbons (Fsp3) is 0.250. The standard InChI is InChI=1S/C24H28N8.HI/c1-4-25-24(27-16-23-29-28-17-31(23)21-11-6-5-7-12-21)26-15-20-10-8-9-13-22(20)32-19(3)14-18(2)30-32;/h5-14,17H,4,15-16H2,1-3H3,(H2,25,26,27);1H. The van der Waals surface area contributed by atoms with Gasteiger partial charge in [-0.25, -0.2) is 9.67 Å². The van der Waals surface area contributed by atoms with Crippen molar-refractivity contribution in [1.82, 2.24) is 35.2 Å². The highest BCUT2D eigenvalue weighted by Gasteiger charge is 2.10. The molecule has 0 saturated carbocycles. The molecule has 4 aromatic rings. The van der Waals surface area contributed by atoms with Crippen LogP contribution >= 0.6 is 24.0 Å². The zero-order chi connectivity index (χ0) is 22.3. The van der Waals surface area contributed by atoms with Gasteiger partial charge >= 0.3 is 0 Å². The van der Waals surface area contributed by atoms with Crippen LogP contribution in [0.15, 0.2) is 72.0 Å². The lowest BCUT2D eigenvalue weighted by molar-refractivity contribution is 0.754. The molecule has 9 heteroatoms. The average molecular weight is 556 g/mol. The zero-order valence-corrected chi connectivity index (χ0v) is 21.4. The van der Waals surface area contributed by atoms with Crippen molar-refractivity contribution in [3.05, 3.63) is 89.8 Å². The summed E-state index contributed by atoms with van der Waals surface area (Å²) in [5, 5.41) is 19.7. The lowest BCUT2D eigenvalue weighted by Crippen LogP contribution is -2.37. The van der Waals surface area contributed by atoms with E-state index in [2.05, 4.69) is 51.1 Å². The van der Waals surface area contributed by atoms with Gasteiger partial charge in [0.25, 0.3) is 0 Å². The number of hydrogen-bond acceptors (Lipinski definition) is 4. The van der Waals surface area contributed by atoms with Crippen LogP contribution in [0.3, 0.4) is 0 Å². The van der Waals surface area contributed by atoms with E-state index in [1.807, 2.05) is 65.6 Å². The third kappa shape index (κ3) is 5.98. The van der Waals surface area contributed by atoms with E-state index in [1.54, 1.807) is 6.33 Å². The molecule has 8 nitrogen and oxygen atoms in total. The minimum absolute atomic E-state index is 0. The van der Waals surface area contributed by atoms with Crippen LogP contribution in [0.25, 0.3) is 11.4 Å². The summed E-state index contributed by atoms with van der Waals surface area (Å²) in [4.78, 5) is 4.80. The smallest absolute Gasteiger partial charge is 0.191 e. The van der Waals surface area contributed by atoms with Crippen molar-refractivity contribution in [2.45, 2.75) is 33.9 Å². The van der Waals surface area contributed by atoms with Crippen molar-refractivity contribution in [3.8, 4) is 11.4 Å². The fourth-order valence-electron chi connectivity index (χ4n) is 3.58. The molecule has 2 aromatic heterocycles. The second-order valence-electron chi connectivity index (χ2n) is 7.47. The number of para-hydroxylation sites is 2. The van der Waals surface area contributed by atoms with Gasteiger partial charge in [0.1, 0.15) is 6.33 Å². The maximum atomic E-state index is 4.80. The maximum Gasteiger partial charge on any atom is 0.191 e. The minimum Gasteiger partial charge on any atom is -0.357 e. The number of aliphatic imine (C=N–C) groups is 1. The lowest BCUT2D eigenvalue weighted by Gasteiger charge is -2.13. The fourth-order valence-corrected chi connectivity index (χ4v) is 3.58. The number of rotatable bonds is 7. The Balaban J connectivity index is 0.00000306. The van der Waals surface area contributed by atoms with Crippen LogP contribution in [-0.2, 0) is 13.1 Å². The van der Waals surface area contributed by atoms with Gasteiger partial charge in [0.05, 0.1) is 24.5 Å². The van der Waals surface area contributed by atoms with E-state index >= 15 is 0 Å². The minimum atomic E-state index is 0. The third-order valence-corrected chi connectivity index (χ3v) is 5.05. The monoisotopic (exact) mass is 556 g/mol. The zero-order valence-electron chi connectivity index (χ0n) is 19.1. The molecule has 2 N–H and O–H groups in total. The Morgan fingerprint density at radius 3 is 2.48 bits per heavy atom. The van der Waals surface area contributed by atoms with E-state index in [0.717, 1.165) is 46.7 Å². The van der Waals surface area contributed by atoms with Gasteiger partial charge in [-0.15, -0.1) is 34.2 Å². The summed E-state index contributed by atoms with van der Waals surface area (Å²) >= 11 is 0. The molecule has 0 amide bonds. The van der Waals surface area contributed by atoms with Crippen molar-refractivity contribution in [2.75, 3.05) is 6.54 Å². The Kier molecular flexibility index (Phi) is 8.58. The first-order chi connectivity index (χ1) is 15.7. The van der Waals surface area contributed by atoms with E-state index in [9.17, 15) is 0 Å². The number of halogens is 1. The highest BCUT2D eigenvalue weighted by atomic mass is 127. The van der Waals surface area contributed by atoms with E-state index < -0.39 is 0 Å². The Morgan fingerprint density at radius 1 is 1.00 bits per heavy atom. The second kappa shape index (κ2) is 11.6. The van der Waals surface area contributed by atoms with Gasteiger partial charge in [-0.3, -0.25) is 4.57 Å². The summed E-state index contributed by atoms with van der Waals surface area (Å²) < 4.78 is 3.94. The average Bonchev–Trinajstić information content (AvgIpc) is 3.42. The topological polar surface area (TPSA) is 84.9 Å². The van der Waals surface area contributed by atoms with Crippen LogP contribution in [0.5, 0.6) is 0 Å². The second-order valence-corrected chi connectivity index (χ2v) is 7.47. The molecule has 0 aliphatic heterocycles. The molecule has 0 saturated heterocycles. The van der Waals surface area contributed by atoms with Gasteiger partial charge in [-0.1, -0.05) is 36.4 Å². The first-order valence-electron chi connectivity index (χ1n) is 10.7.